The Morgan fingerprint density at radius 1 is 1.12 bits per heavy atom. The van der Waals surface area contributed by atoms with Gasteiger partial charge in [-0.25, -0.2) is 0 Å². The van der Waals surface area contributed by atoms with E-state index in [9.17, 15) is 0 Å². The topological polar surface area (TPSA) is 18.5 Å². The molecule has 0 spiro atoms. The molecule has 100 valence electrons. The van der Waals surface area contributed by atoms with E-state index in [-0.39, 0.29) is 0 Å². The van der Waals surface area contributed by atoms with Gasteiger partial charge in [0.25, 0.3) is 0 Å². The Balaban J connectivity index is 1.62. The molecule has 2 heterocycles. The van der Waals surface area contributed by atoms with Crippen LogP contribution >= 0.6 is 11.6 Å². The Morgan fingerprint density at radius 2 is 1.88 bits per heavy atom. The second kappa shape index (κ2) is 6.96. The van der Waals surface area contributed by atoms with Crippen LogP contribution in [0.2, 0.25) is 0 Å². The average molecular weight is 261 g/mol. The van der Waals surface area contributed by atoms with Crippen LogP contribution in [0.5, 0.6) is 0 Å². The molecule has 0 aliphatic carbocycles. The monoisotopic (exact) mass is 260 g/mol. The van der Waals surface area contributed by atoms with E-state index in [1.807, 2.05) is 0 Å². The third-order valence-electron chi connectivity index (χ3n) is 4.22. The lowest BCUT2D eigenvalue weighted by molar-refractivity contribution is 0.0484. The first-order chi connectivity index (χ1) is 8.36. The predicted molar refractivity (Wildman–Crippen MR) is 70.6 cm³/mol. The minimum Gasteiger partial charge on any atom is -0.381 e. The zero-order chi connectivity index (χ0) is 12.1. The maximum absolute atomic E-state index is 6.04. The SMILES string of the molecule is CCCCCCOC[C@@H]1[C@H](CCl)[C@@H]2CC[C@H]1O2. The first-order valence-corrected chi connectivity index (χ1v) is 7.69. The quantitative estimate of drug-likeness (QED) is 0.490. The predicted octanol–water partition coefficient (Wildman–Crippen LogP) is 3.62. The summed E-state index contributed by atoms with van der Waals surface area (Å²) in [7, 11) is 0. The molecule has 0 unspecified atom stereocenters. The molecule has 0 aromatic rings. The first-order valence-electron chi connectivity index (χ1n) is 7.16. The Hall–Kier alpha value is 0.210. The van der Waals surface area contributed by atoms with Crippen molar-refractivity contribution < 1.29 is 9.47 Å². The number of hydrogen-bond donors (Lipinski definition) is 0. The van der Waals surface area contributed by atoms with Gasteiger partial charge in [-0.1, -0.05) is 26.2 Å². The maximum Gasteiger partial charge on any atom is 0.0634 e. The van der Waals surface area contributed by atoms with Crippen LogP contribution in [0.15, 0.2) is 0 Å². The summed E-state index contributed by atoms with van der Waals surface area (Å²) >= 11 is 6.04. The van der Waals surface area contributed by atoms with Crippen molar-refractivity contribution in [1.29, 1.82) is 0 Å². The van der Waals surface area contributed by atoms with E-state index < -0.39 is 0 Å². The van der Waals surface area contributed by atoms with Gasteiger partial charge in [-0.15, -0.1) is 11.6 Å². The minimum absolute atomic E-state index is 0.422. The number of alkyl halides is 1. The minimum atomic E-state index is 0.422. The van der Waals surface area contributed by atoms with Crippen molar-refractivity contribution in [3.8, 4) is 0 Å². The van der Waals surface area contributed by atoms with Crippen LogP contribution in [-0.2, 0) is 9.47 Å². The van der Waals surface area contributed by atoms with Gasteiger partial charge in [-0.3, -0.25) is 0 Å². The molecule has 0 saturated carbocycles. The van der Waals surface area contributed by atoms with Gasteiger partial charge < -0.3 is 9.47 Å². The smallest absolute Gasteiger partial charge is 0.0634 e. The number of unbranched alkanes of at least 4 members (excludes halogenated alkanes) is 3. The van der Waals surface area contributed by atoms with Crippen LogP contribution in [0.4, 0.5) is 0 Å². The average Bonchev–Trinajstić information content (AvgIpc) is 2.93. The van der Waals surface area contributed by atoms with Crippen molar-refractivity contribution in [1.82, 2.24) is 0 Å². The Kier molecular flexibility index (Phi) is 5.58. The van der Waals surface area contributed by atoms with Gasteiger partial charge in [-0.2, -0.15) is 0 Å². The lowest BCUT2D eigenvalue weighted by Crippen LogP contribution is -2.32. The summed E-state index contributed by atoms with van der Waals surface area (Å²) < 4.78 is 11.7. The number of halogens is 1. The summed E-state index contributed by atoms with van der Waals surface area (Å²) in [5.74, 6) is 1.81. The van der Waals surface area contributed by atoms with Gasteiger partial charge in [0.15, 0.2) is 0 Å². The van der Waals surface area contributed by atoms with Crippen LogP contribution in [0.3, 0.4) is 0 Å². The van der Waals surface area contributed by atoms with Crippen molar-refractivity contribution in [3.05, 3.63) is 0 Å². The van der Waals surface area contributed by atoms with Gasteiger partial charge in [0.2, 0.25) is 0 Å². The molecule has 2 fully saturated rings. The molecule has 2 bridgehead atoms. The van der Waals surface area contributed by atoms with E-state index in [1.165, 1.54) is 38.5 Å². The zero-order valence-corrected chi connectivity index (χ0v) is 11.6. The number of ether oxygens (including phenoxy) is 2. The van der Waals surface area contributed by atoms with E-state index in [4.69, 9.17) is 21.1 Å². The molecule has 2 nitrogen and oxygen atoms in total. The van der Waals surface area contributed by atoms with Crippen molar-refractivity contribution in [2.45, 2.75) is 57.7 Å². The van der Waals surface area contributed by atoms with Crippen molar-refractivity contribution >= 4 is 11.6 Å². The highest BCUT2D eigenvalue weighted by Gasteiger charge is 2.48. The molecule has 0 aromatic heterocycles. The van der Waals surface area contributed by atoms with E-state index in [2.05, 4.69) is 6.92 Å². The highest BCUT2D eigenvalue weighted by molar-refractivity contribution is 6.18. The fourth-order valence-electron chi connectivity index (χ4n) is 3.17. The Labute approximate surface area is 110 Å². The van der Waals surface area contributed by atoms with Gasteiger partial charge >= 0.3 is 0 Å². The van der Waals surface area contributed by atoms with Crippen LogP contribution in [0.1, 0.15) is 45.4 Å². The third kappa shape index (κ3) is 3.36. The molecule has 2 saturated heterocycles. The first kappa shape index (κ1) is 13.6. The molecule has 2 aliphatic rings. The van der Waals surface area contributed by atoms with Crippen molar-refractivity contribution in [2.75, 3.05) is 19.1 Å². The van der Waals surface area contributed by atoms with E-state index in [0.29, 0.717) is 24.0 Å². The molecule has 0 amide bonds. The molecule has 0 N–H and O–H groups in total. The highest BCUT2D eigenvalue weighted by atomic mass is 35.5. The zero-order valence-electron chi connectivity index (χ0n) is 10.9. The van der Waals surface area contributed by atoms with Crippen LogP contribution in [-0.4, -0.2) is 31.3 Å². The summed E-state index contributed by atoms with van der Waals surface area (Å²) in [6.07, 6.45) is 8.37. The lowest BCUT2D eigenvalue weighted by Gasteiger charge is -2.26. The second-order valence-electron chi connectivity index (χ2n) is 5.41. The van der Waals surface area contributed by atoms with Gasteiger partial charge in [0.1, 0.15) is 0 Å². The molecular weight excluding hydrogens is 236 g/mol. The molecule has 2 aliphatic heterocycles. The van der Waals surface area contributed by atoms with Crippen molar-refractivity contribution in [3.63, 3.8) is 0 Å². The summed E-state index contributed by atoms with van der Waals surface area (Å²) in [5.41, 5.74) is 0. The molecule has 2 rings (SSSR count). The van der Waals surface area contributed by atoms with Gasteiger partial charge in [-0.05, 0) is 19.3 Å². The normalized spacial score (nSPS) is 35.6. The number of hydrogen-bond acceptors (Lipinski definition) is 2. The molecular formula is C14H25ClO2. The number of rotatable bonds is 8. The second-order valence-corrected chi connectivity index (χ2v) is 5.72. The van der Waals surface area contributed by atoms with Crippen LogP contribution < -0.4 is 0 Å². The van der Waals surface area contributed by atoms with E-state index in [0.717, 1.165) is 19.1 Å². The van der Waals surface area contributed by atoms with Gasteiger partial charge in [0, 0.05) is 24.3 Å². The molecule has 4 atom stereocenters. The molecule has 0 radical (unpaired) electrons. The fourth-order valence-corrected chi connectivity index (χ4v) is 3.59. The van der Waals surface area contributed by atoms with E-state index >= 15 is 0 Å². The Morgan fingerprint density at radius 3 is 2.59 bits per heavy atom. The molecule has 3 heteroatoms. The standard InChI is InChI=1S/C14H25ClO2/c1-2-3-4-5-8-16-10-12-11(9-15)13-6-7-14(12)17-13/h11-14H,2-10H2,1H3/t11-,12+,13-,14+/m0/s1. The summed E-state index contributed by atoms with van der Waals surface area (Å²) in [4.78, 5) is 0. The maximum atomic E-state index is 6.04. The van der Waals surface area contributed by atoms with E-state index in [1.54, 1.807) is 0 Å². The summed E-state index contributed by atoms with van der Waals surface area (Å²) in [5, 5.41) is 0. The van der Waals surface area contributed by atoms with Crippen molar-refractivity contribution in [2.24, 2.45) is 11.8 Å². The lowest BCUT2D eigenvalue weighted by atomic mass is 9.81. The highest BCUT2D eigenvalue weighted by Crippen LogP contribution is 2.43. The summed E-state index contributed by atoms with van der Waals surface area (Å²) in [6.45, 7) is 3.99. The van der Waals surface area contributed by atoms with Crippen LogP contribution in [0, 0.1) is 11.8 Å². The Bertz CT molecular complexity index is 222. The van der Waals surface area contributed by atoms with Gasteiger partial charge in [0.05, 0.1) is 18.8 Å². The summed E-state index contributed by atoms with van der Waals surface area (Å²) in [6, 6.07) is 0. The largest absolute Gasteiger partial charge is 0.381 e. The third-order valence-corrected chi connectivity index (χ3v) is 4.58. The molecule has 0 aromatic carbocycles. The molecule has 17 heavy (non-hydrogen) atoms. The fraction of sp³-hybridized carbons (Fsp3) is 1.00. The number of fused-ring (bicyclic) bond motifs is 2. The van der Waals surface area contributed by atoms with Crippen LogP contribution in [0.25, 0.3) is 0 Å².